The van der Waals surface area contributed by atoms with Gasteiger partial charge in [-0.05, 0) is 18.2 Å². The van der Waals surface area contributed by atoms with Crippen LogP contribution in [0.4, 0.5) is 0 Å². The molecule has 0 aliphatic rings. The van der Waals surface area contributed by atoms with E-state index in [0.29, 0.717) is 26.4 Å². The van der Waals surface area contributed by atoms with Crippen LogP contribution in [0.2, 0.25) is 20.1 Å². The highest BCUT2D eigenvalue weighted by Crippen LogP contribution is 2.31. The summed E-state index contributed by atoms with van der Waals surface area (Å²) in [5.41, 5.74) is 2.89. The average molecular weight is 392 g/mol. The highest BCUT2D eigenvalue weighted by Gasteiger charge is 2.08. The third-order valence-corrected chi connectivity index (χ3v) is 4.28. The van der Waals surface area contributed by atoms with Gasteiger partial charge in [0.05, 0.1) is 21.3 Å². The zero-order valence-electron chi connectivity index (χ0n) is 11.5. The molecule has 0 saturated carbocycles. The van der Waals surface area contributed by atoms with Gasteiger partial charge in [-0.3, -0.25) is 4.79 Å². The maximum Gasteiger partial charge on any atom is 0.277 e. The number of halogens is 4. The number of carbonyl (C=O) groups is 1. The summed E-state index contributed by atoms with van der Waals surface area (Å²) in [7, 11) is 0. The number of ether oxygens (including phenoxy) is 1. The van der Waals surface area contributed by atoms with Crippen molar-refractivity contribution in [2.75, 3.05) is 6.61 Å². The Morgan fingerprint density at radius 1 is 1.04 bits per heavy atom. The van der Waals surface area contributed by atoms with Gasteiger partial charge in [-0.25, -0.2) is 5.43 Å². The molecule has 0 bridgehead atoms. The minimum Gasteiger partial charge on any atom is -0.482 e. The van der Waals surface area contributed by atoms with E-state index in [1.54, 1.807) is 36.4 Å². The lowest BCUT2D eigenvalue weighted by molar-refractivity contribution is -0.123. The van der Waals surface area contributed by atoms with Crippen molar-refractivity contribution in [1.82, 2.24) is 5.43 Å². The molecule has 120 valence electrons. The average Bonchev–Trinajstić information content (AvgIpc) is 2.53. The van der Waals surface area contributed by atoms with E-state index in [0.717, 1.165) is 0 Å². The third kappa shape index (κ3) is 5.01. The molecule has 2 rings (SSSR count). The Morgan fingerprint density at radius 2 is 1.70 bits per heavy atom. The Bertz CT molecular complexity index is 750. The highest BCUT2D eigenvalue weighted by molar-refractivity contribution is 6.43. The molecule has 23 heavy (non-hydrogen) atoms. The fourth-order valence-corrected chi connectivity index (χ4v) is 2.27. The van der Waals surface area contributed by atoms with Gasteiger partial charge < -0.3 is 4.74 Å². The van der Waals surface area contributed by atoms with Crippen molar-refractivity contribution < 1.29 is 9.53 Å². The van der Waals surface area contributed by atoms with Gasteiger partial charge in [0.25, 0.3) is 5.91 Å². The predicted molar refractivity (Wildman–Crippen MR) is 94.2 cm³/mol. The van der Waals surface area contributed by atoms with E-state index < -0.39 is 5.91 Å². The molecule has 0 fully saturated rings. The largest absolute Gasteiger partial charge is 0.482 e. The number of nitrogens with one attached hydrogen (secondary N) is 1. The van der Waals surface area contributed by atoms with Crippen LogP contribution >= 0.6 is 46.4 Å². The summed E-state index contributed by atoms with van der Waals surface area (Å²) in [4.78, 5) is 11.7. The molecular weight excluding hydrogens is 382 g/mol. The SMILES string of the molecule is O=C(COc1cccc(Cl)c1Cl)N/N=C/c1cccc(Cl)c1Cl. The molecule has 8 heteroatoms. The maximum absolute atomic E-state index is 11.7. The fraction of sp³-hybridized carbons (Fsp3) is 0.0667. The monoisotopic (exact) mass is 390 g/mol. The second-order valence-electron chi connectivity index (χ2n) is 4.28. The Labute approximate surface area is 152 Å². The summed E-state index contributed by atoms with van der Waals surface area (Å²) in [6, 6.07) is 9.99. The zero-order chi connectivity index (χ0) is 16.8. The maximum atomic E-state index is 11.7. The van der Waals surface area contributed by atoms with E-state index in [1.165, 1.54) is 6.21 Å². The number of benzene rings is 2. The summed E-state index contributed by atoms with van der Waals surface area (Å²) in [5.74, 6) is -0.147. The smallest absolute Gasteiger partial charge is 0.277 e. The molecule has 4 nitrogen and oxygen atoms in total. The molecule has 1 amide bonds. The number of hydrazone groups is 1. The number of hydrogen-bond acceptors (Lipinski definition) is 3. The van der Waals surface area contributed by atoms with Gasteiger partial charge in [0.1, 0.15) is 10.8 Å². The van der Waals surface area contributed by atoms with Gasteiger partial charge in [0.15, 0.2) is 6.61 Å². The lowest BCUT2D eigenvalue weighted by atomic mass is 10.2. The van der Waals surface area contributed by atoms with Gasteiger partial charge in [-0.1, -0.05) is 64.6 Å². The highest BCUT2D eigenvalue weighted by atomic mass is 35.5. The standard InChI is InChI=1S/C15H10Cl4N2O2/c16-10-4-1-3-9(14(10)18)7-20-21-13(22)8-23-12-6-2-5-11(17)15(12)19/h1-7H,8H2,(H,21,22)/b20-7+. The first-order chi connectivity index (χ1) is 11.0. The van der Waals surface area contributed by atoms with E-state index in [1.807, 2.05) is 0 Å². The summed E-state index contributed by atoms with van der Waals surface area (Å²) in [6.07, 6.45) is 1.39. The summed E-state index contributed by atoms with van der Waals surface area (Å²) in [5, 5.41) is 5.14. The van der Waals surface area contributed by atoms with Crippen molar-refractivity contribution in [2.45, 2.75) is 0 Å². The van der Waals surface area contributed by atoms with Crippen LogP contribution in [0.5, 0.6) is 5.75 Å². The van der Waals surface area contributed by atoms with Gasteiger partial charge in [-0.15, -0.1) is 0 Å². The van der Waals surface area contributed by atoms with Gasteiger partial charge in [0.2, 0.25) is 0 Å². The summed E-state index contributed by atoms with van der Waals surface area (Å²) in [6.45, 7) is -0.263. The lowest BCUT2D eigenvalue weighted by Crippen LogP contribution is -2.24. The Kier molecular flexibility index (Phi) is 6.54. The van der Waals surface area contributed by atoms with Crippen LogP contribution in [0.15, 0.2) is 41.5 Å². The first kappa shape index (κ1) is 17.9. The van der Waals surface area contributed by atoms with Crippen molar-refractivity contribution in [3.05, 3.63) is 62.1 Å². The van der Waals surface area contributed by atoms with Gasteiger partial charge >= 0.3 is 0 Å². The fourth-order valence-electron chi connectivity index (χ4n) is 1.57. The predicted octanol–water partition coefficient (Wildman–Crippen LogP) is 4.83. The topological polar surface area (TPSA) is 50.7 Å². The van der Waals surface area contributed by atoms with Crippen LogP contribution in [0.1, 0.15) is 5.56 Å². The zero-order valence-corrected chi connectivity index (χ0v) is 14.5. The first-order valence-corrected chi connectivity index (χ1v) is 7.83. The number of amides is 1. The van der Waals surface area contributed by atoms with E-state index in [9.17, 15) is 4.79 Å². The number of rotatable bonds is 5. The van der Waals surface area contributed by atoms with E-state index in [-0.39, 0.29) is 11.6 Å². The van der Waals surface area contributed by atoms with Crippen molar-refractivity contribution >= 4 is 58.5 Å². The molecule has 0 atom stereocenters. The summed E-state index contributed by atoms with van der Waals surface area (Å²) < 4.78 is 5.28. The summed E-state index contributed by atoms with van der Waals surface area (Å²) >= 11 is 23.7. The van der Waals surface area contributed by atoms with Crippen molar-refractivity contribution in [3.8, 4) is 5.75 Å². The number of carbonyl (C=O) groups excluding carboxylic acids is 1. The van der Waals surface area contributed by atoms with Crippen molar-refractivity contribution in [1.29, 1.82) is 0 Å². The first-order valence-electron chi connectivity index (χ1n) is 6.31. The molecule has 0 unspecified atom stereocenters. The van der Waals surface area contributed by atoms with Crippen LogP contribution < -0.4 is 10.2 Å². The molecule has 0 aliphatic heterocycles. The molecule has 1 N–H and O–H groups in total. The molecule has 0 radical (unpaired) electrons. The Hall–Kier alpha value is -1.46. The van der Waals surface area contributed by atoms with Crippen LogP contribution in [0, 0.1) is 0 Å². The normalized spacial score (nSPS) is 10.8. The van der Waals surface area contributed by atoms with E-state index in [2.05, 4.69) is 10.5 Å². The molecule has 0 aromatic heterocycles. The van der Waals surface area contributed by atoms with Crippen LogP contribution in [0.3, 0.4) is 0 Å². The molecule has 0 saturated heterocycles. The van der Waals surface area contributed by atoms with E-state index >= 15 is 0 Å². The van der Waals surface area contributed by atoms with Crippen LogP contribution in [-0.2, 0) is 4.79 Å². The molecule has 2 aromatic carbocycles. The molecule has 0 heterocycles. The van der Waals surface area contributed by atoms with Crippen LogP contribution in [0.25, 0.3) is 0 Å². The quantitative estimate of drug-likeness (QED) is 0.586. The van der Waals surface area contributed by atoms with E-state index in [4.69, 9.17) is 51.1 Å². The second kappa shape index (κ2) is 8.41. The lowest BCUT2D eigenvalue weighted by Gasteiger charge is -2.07. The van der Waals surface area contributed by atoms with Gasteiger partial charge in [0, 0.05) is 5.56 Å². The Morgan fingerprint density at radius 3 is 2.43 bits per heavy atom. The molecular formula is C15H10Cl4N2O2. The molecule has 2 aromatic rings. The molecule has 0 spiro atoms. The van der Waals surface area contributed by atoms with Gasteiger partial charge in [-0.2, -0.15) is 5.10 Å². The number of hydrogen-bond donors (Lipinski definition) is 1. The van der Waals surface area contributed by atoms with Crippen molar-refractivity contribution in [3.63, 3.8) is 0 Å². The minimum atomic E-state index is -0.463. The van der Waals surface area contributed by atoms with Crippen LogP contribution in [-0.4, -0.2) is 18.7 Å². The minimum absolute atomic E-state index is 0.246. The Balaban J connectivity index is 1.89. The number of nitrogens with zero attached hydrogens (tertiary/aromatic N) is 1. The second-order valence-corrected chi connectivity index (χ2v) is 5.85. The van der Waals surface area contributed by atoms with Crippen molar-refractivity contribution in [2.24, 2.45) is 5.10 Å². The third-order valence-electron chi connectivity index (χ3n) is 2.65. The molecule has 0 aliphatic carbocycles.